The third-order valence-corrected chi connectivity index (χ3v) is 2.38. The lowest BCUT2D eigenvalue weighted by Gasteiger charge is -2.01. The van der Waals surface area contributed by atoms with Gasteiger partial charge in [0.1, 0.15) is 5.75 Å². The number of hydrogen-bond acceptors (Lipinski definition) is 2. The molecule has 1 aromatic carbocycles. The van der Waals surface area contributed by atoms with Crippen LogP contribution < -0.4 is 4.74 Å². The Morgan fingerprint density at radius 2 is 2.00 bits per heavy atom. The Labute approximate surface area is 95.4 Å². The van der Waals surface area contributed by atoms with Crippen LogP contribution in [-0.2, 0) is 11.2 Å². The number of allylic oxidation sites excluding steroid dienone is 1. The summed E-state index contributed by atoms with van der Waals surface area (Å²) in [5.74, 6) is -0.0178. The van der Waals surface area contributed by atoms with Crippen LogP contribution in [0.5, 0.6) is 5.75 Å². The summed E-state index contributed by atoms with van der Waals surface area (Å²) >= 11 is 0. The molecule has 0 unspecified atom stereocenters. The highest BCUT2D eigenvalue weighted by Crippen LogP contribution is 2.13. The van der Waals surface area contributed by atoms with Crippen LogP contribution >= 0.6 is 0 Å². The van der Waals surface area contributed by atoms with Gasteiger partial charge in [-0.25, -0.2) is 4.79 Å². The molecule has 0 heterocycles. The third kappa shape index (κ3) is 3.77. The lowest BCUT2D eigenvalue weighted by molar-refractivity contribution is -0.132. The van der Waals surface area contributed by atoms with E-state index >= 15 is 0 Å². The van der Waals surface area contributed by atoms with Gasteiger partial charge >= 0.3 is 5.97 Å². The summed E-state index contributed by atoms with van der Waals surface area (Å²) in [4.78, 5) is 10.5. The summed E-state index contributed by atoms with van der Waals surface area (Å²) in [6.07, 6.45) is 3.33. The molecule has 0 spiro atoms. The molecule has 0 aliphatic heterocycles. The van der Waals surface area contributed by atoms with Gasteiger partial charge in [-0.3, -0.25) is 0 Å². The highest BCUT2D eigenvalue weighted by molar-refractivity contribution is 5.85. The number of ether oxygens (including phenoxy) is 1. The Kier molecular flexibility index (Phi) is 4.58. The number of carbonyl (C=O) groups is 1. The van der Waals surface area contributed by atoms with Crippen LogP contribution in [0.1, 0.15) is 18.9 Å². The van der Waals surface area contributed by atoms with E-state index in [0.717, 1.165) is 18.6 Å². The summed E-state index contributed by atoms with van der Waals surface area (Å²) < 4.78 is 5.05. The van der Waals surface area contributed by atoms with Crippen LogP contribution in [0.15, 0.2) is 35.9 Å². The highest BCUT2D eigenvalue weighted by Gasteiger charge is 1.98. The minimum atomic E-state index is -0.852. The summed E-state index contributed by atoms with van der Waals surface area (Å²) in [6, 6.07) is 7.79. The first kappa shape index (κ1) is 12.3. The maximum Gasteiger partial charge on any atom is 0.330 e. The summed E-state index contributed by atoms with van der Waals surface area (Å²) in [7, 11) is 1.63. The van der Waals surface area contributed by atoms with Crippen molar-refractivity contribution in [3.05, 3.63) is 41.5 Å². The molecular weight excluding hydrogens is 204 g/mol. The molecule has 0 saturated carbocycles. The number of aliphatic carboxylic acids is 1. The van der Waals surface area contributed by atoms with Gasteiger partial charge in [-0.05, 0) is 37.5 Å². The number of methoxy groups -OCH3 is 1. The fourth-order valence-electron chi connectivity index (χ4n) is 1.33. The van der Waals surface area contributed by atoms with E-state index in [2.05, 4.69) is 0 Å². The van der Waals surface area contributed by atoms with E-state index in [1.807, 2.05) is 24.3 Å². The molecule has 0 bridgehead atoms. The molecule has 1 rings (SSSR count). The van der Waals surface area contributed by atoms with Crippen LogP contribution in [0.25, 0.3) is 0 Å². The molecule has 1 N–H and O–H groups in total. The molecular formula is C13H16O3. The standard InChI is InChI=1S/C13H16O3/c1-10(13(14)15)4-3-5-11-6-8-12(16-2)9-7-11/h4,6-9H,3,5H2,1-2H3,(H,14,15). The normalized spacial score (nSPS) is 11.2. The van der Waals surface area contributed by atoms with Crippen molar-refractivity contribution >= 4 is 5.97 Å². The molecule has 0 atom stereocenters. The van der Waals surface area contributed by atoms with Crippen molar-refractivity contribution in [2.75, 3.05) is 7.11 Å². The molecule has 0 aromatic heterocycles. The third-order valence-electron chi connectivity index (χ3n) is 2.38. The van der Waals surface area contributed by atoms with Crippen LogP contribution in [0.2, 0.25) is 0 Å². The number of hydrogen-bond donors (Lipinski definition) is 1. The van der Waals surface area contributed by atoms with E-state index in [4.69, 9.17) is 9.84 Å². The Morgan fingerprint density at radius 3 is 2.50 bits per heavy atom. The second-order valence-electron chi connectivity index (χ2n) is 3.58. The number of rotatable bonds is 5. The molecule has 3 heteroatoms. The van der Waals surface area contributed by atoms with E-state index in [1.165, 1.54) is 5.56 Å². The van der Waals surface area contributed by atoms with Crippen molar-refractivity contribution in [3.8, 4) is 5.75 Å². The number of carboxylic acids is 1. The van der Waals surface area contributed by atoms with Crippen molar-refractivity contribution in [1.29, 1.82) is 0 Å². The second kappa shape index (κ2) is 5.95. The van der Waals surface area contributed by atoms with Gasteiger partial charge in [-0.1, -0.05) is 18.2 Å². The van der Waals surface area contributed by atoms with Crippen molar-refractivity contribution in [2.24, 2.45) is 0 Å². The minimum Gasteiger partial charge on any atom is -0.497 e. The van der Waals surface area contributed by atoms with Crippen molar-refractivity contribution in [3.63, 3.8) is 0 Å². The quantitative estimate of drug-likeness (QED) is 0.776. The van der Waals surface area contributed by atoms with E-state index < -0.39 is 5.97 Å². The molecule has 0 fully saturated rings. The number of benzene rings is 1. The van der Waals surface area contributed by atoms with Gasteiger partial charge in [-0.15, -0.1) is 0 Å². The van der Waals surface area contributed by atoms with Gasteiger partial charge in [0, 0.05) is 5.57 Å². The van der Waals surface area contributed by atoms with E-state index in [-0.39, 0.29) is 0 Å². The van der Waals surface area contributed by atoms with E-state index in [9.17, 15) is 4.79 Å². The first-order valence-electron chi connectivity index (χ1n) is 5.16. The molecule has 1 aromatic rings. The average Bonchev–Trinajstić information content (AvgIpc) is 2.29. The van der Waals surface area contributed by atoms with Crippen LogP contribution in [0, 0.1) is 0 Å². The summed E-state index contributed by atoms with van der Waals surface area (Å²) in [6.45, 7) is 1.61. The Balaban J connectivity index is 2.49. The van der Waals surface area contributed by atoms with Crippen molar-refractivity contribution in [1.82, 2.24) is 0 Å². The molecule has 86 valence electrons. The smallest absolute Gasteiger partial charge is 0.330 e. The lowest BCUT2D eigenvalue weighted by atomic mass is 10.1. The number of aryl methyl sites for hydroxylation is 1. The molecule has 16 heavy (non-hydrogen) atoms. The van der Waals surface area contributed by atoms with Gasteiger partial charge in [0.25, 0.3) is 0 Å². The van der Waals surface area contributed by atoms with E-state index in [1.54, 1.807) is 20.1 Å². The fourth-order valence-corrected chi connectivity index (χ4v) is 1.33. The van der Waals surface area contributed by atoms with Gasteiger partial charge in [-0.2, -0.15) is 0 Å². The van der Waals surface area contributed by atoms with E-state index in [0.29, 0.717) is 5.57 Å². The van der Waals surface area contributed by atoms with Crippen LogP contribution in [0.3, 0.4) is 0 Å². The predicted octanol–water partition coefficient (Wildman–Crippen LogP) is 2.66. The Hall–Kier alpha value is -1.77. The lowest BCUT2D eigenvalue weighted by Crippen LogP contribution is -1.96. The molecule has 3 nitrogen and oxygen atoms in total. The number of carboxylic acid groups (broad SMARTS) is 1. The Bertz CT molecular complexity index is 377. The van der Waals surface area contributed by atoms with Gasteiger partial charge in [0.15, 0.2) is 0 Å². The monoisotopic (exact) mass is 220 g/mol. The van der Waals surface area contributed by atoms with Crippen LogP contribution in [0.4, 0.5) is 0 Å². The molecule has 0 aliphatic rings. The maximum atomic E-state index is 10.5. The average molecular weight is 220 g/mol. The molecule has 0 radical (unpaired) electrons. The molecule has 0 saturated heterocycles. The highest BCUT2D eigenvalue weighted by atomic mass is 16.5. The zero-order valence-electron chi connectivity index (χ0n) is 9.56. The van der Waals surface area contributed by atoms with Gasteiger partial charge in [0.2, 0.25) is 0 Å². The molecule has 0 aliphatic carbocycles. The second-order valence-corrected chi connectivity index (χ2v) is 3.58. The SMILES string of the molecule is COc1ccc(CCC=C(C)C(=O)O)cc1. The largest absolute Gasteiger partial charge is 0.497 e. The summed E-state index contributed by atoms with van der Waals surface area (Å²) in [5.41, 5.74) is 1.57. The van der Waals surface area contributed by atoms with Crippen molar-refractivity contribution < 1.29 is 14.6 Å². The topological polar surface area (TPSA) is 46.5 Å². The van der Waals surface area contributed by atoms with Gasteiger partial charge < -0.3 is 9.84 Å². The summed E-state index contributed by atoms with van der Waals surface area (Å²) in [5, 5.41) is 8.66. The first-order chi connectivity index (χ1) is 7.63. The van der Waals surface area contributed by atoms with Crippen molar-refractivity contribution in [2.45, 2.75) is 19.8 Å². The fraction of sp³-hybridized carbons (Fsp3) is 0.308. The minimum absolute atomic E-state index is 0.397. The first-order valence-corrected chi connectivity index (χ1v) is 5.16. The van der Waals surface area contributed by atoms with Gasteiger partial charge in [0.05, 0.1) is 7.11 Å². The zero-order chi connectivity index (χ0) is 12.0. The van der Waals surface area contributed by atoms with Crippen LogP contribution in [-0.4, -0.2) is 18.2 Å². The zero-order valence-corrected chi connectivity index (χ0v) is 9.56. The maximum absolute atomic E-state index is 10.5. The molecule has 0 amide bonds. The predicted molar refractivity (Wildman–Crippen MR) is 62.7 cm³/mol. The Morgan fingerprint density at radius 1 is 1.38 bits per heavy atom.